The number of carbonyl (C=O) groups excluding carboxylic acids is 2. The number of halogens is 2. The molecule has 0 unspecified atom stereocenters. The van der Waals surface area contributed by atoms with Crippen LogP contribution in [0.2, 0.25) is 10.0 Å². The minimum atomic E-state index is -4.23. The summed E-state index contributed by atoms with van der Waals surface area (Å²) in [5, 5.41) is 3.53. The van der Waals surface area contributed by atoms with Gasteiger partial charge in [-0.3, -0.25) is 13.9 Å². The summed E-state index contributed by atoms with van der Waals surface area (Å²) in [6.45, 7) is 4.63. The molecule has 39 heavy (non-hydrogen) atoms. The van der Waals surface area contributed by atoms with Gasteiger partial charge in [0.15, 0.2) is 0 Å². The zero-order chi connectivity index (χ0) is 28.7. The van der Waals surface area contributed by atoms with Crippen LogP contribution in [-0.4, -0.2) is 50.9 Å². The van der Waals surface area contributed by atoms with Gasteiger partial charge in [-0.2, -0.15) is 0 Å². The Morgan fingerprint density at radius 2 is 1.62 bits per heavy atom. The Hall–Kier alpha value is -3.27. The predicted octanol–water partition coefficient (Wildman–Crippen LogP) is 5.14. The summed E-state index contributed by atoms with van der Waals surface area (Å²) in [4.78, 5) is 28.1. The Labute approximate surface area is 239 Å². The average molecular weight is 593 g/mol. The number of sulfonamides is 1. The molecule has 0 aliphatic carbocycles. The van der Waals surface area contributed by atoms with Crippen LogP contribution in [0.3, 0.4) is 0 Å². The Morgan fingerprint density at radius 3 is 2.21 bits per heavy atom. The molecule has 0 bridgehead atoms. The van der Waals surface area contributed by atoms with Crippen LogP contribution in [0.25, 0.3) is 0 Å². The quantitative estimate of drug-likeness (QED) is 0.333. The summed E-state index contributed by atoms with van der Waals surface area (Å²) in [6.07, 6.45) is 0. The molecule has 0 aromatic heterocycles. The van der Waals surface area contributed by atoms with Crippen LogP contribution in [0.15, 0.2) is 77.7 Å². The number of amides is 2. The van der Waals surface area contributed by atoms with Crippen LogP contribution in [-0.2, 0) is 26.2 Å². The minimum Gasteiger partial charge on any atom is -0.497 e. The lowest BCUT2D eigenvalue weighted by Gasteiger charge is -2.32. The monoisotopic (exact) mass is 591 g/mol. The van der Waals surface area contributed by atoms with Gasteiger partial charge in [0, 0.05) is 22.6 Å². The molecule has 8 nitrogen and oxygen atoms in total. The smallest absolute Gasteiger partial charge is 0.264 e. The molecule has 1 atom stereocenters. The summed E-state index contributed by atoms with van der Waals surface area (Å²) in [5.41, 5.74) is 0.813. The molecule has 0 radical (unpaired) electrons. The van der Waals surface area contributed by atoms with Crippen molar-refractivity contribution in [3.63, 3.8) is 0 Å². The van der Waals surface area contributed by atoms with E-state index in [1.165, 1.54) is 42.3 Å². The third-order valence-electron chi connectivity index (χ3n) is 5.92. The van der Waals surface area contributed by atoms with Gasteiger partial charge < -0.3 is 15.0 Å². The van der Waals surface area contributed by atoms with Gasteiger partial charge in [0.25, 0.3) is 10.0 Å². The molecule has 0 saturated heterocycles. The van der Waals surface area contributed by atoms with Gasteiger partial charge in [-0.1, -0.05) is 47.5 Å². The van der Waals surface area contributed by atoms with Crippen molar-refractivity contribution in [3.05, 3.63) is 88.4 Å². The first-order valence-corrected chi connectivity index (χ1v) is 14.4. The van der Waals surface area contributed by atoms with E-state index < -0.39 is 28.5 Å². The fraction of sp³-hybridized carbons (Fsp3) is 0.286. The zero-order valence-electron chi connectivity index (χ0n) is 22.1. The number of carbonyl (C=O) groups is 2. The van der Waals surface area contributed by atoms with Crippen molar-refractivity contribution in [1.29, 1.82) is 0 Å². The fourth-order valence-electron chi connectivity index (χ4n) is 3.83. The summed E-state index contributed by atoms with van der Waals surface area (Å²) in [6, 6.07) is 17.9. The van der Waals surface area contributed by atoms with Gasteiger partial charge in [-0.25, -0.2) is 8.42 Å². The first kappa shape index (κ1) is 30.3. The summed E-state index contributed by atoms with van der Waals surface area (Å²) >= 11 is 12.6. The van der Waals surface area contributed by atoms with Gasteiger partial charge in [0.1, 0.15) is 18.3 Å². The second-order valence-corrected chi connectivity index (χ2v) is 11.8. The number of methoxy groups -OCH3 is 1. The summed E-state index contributed by atoms with van der Waals surface area (Å²) in [7, 11) is -2.75. The van der Waals surface area contributed by atoms with Crippen LogP contribution in [0.4, 0.5) is 5.69 Å². The van der Waals surface area contributed by atoms with E-state index in [1.54, 1.807) is 49.4 Å². The maximum Gasteiger partial charge on any atom is 0.264 e. The van der Waals surface area contributed by atoms with Crippen LogP contribution >= 0.6 is 23.2 Å². The number of anilines is 1. The van der Waals surface area contributed by atoms with Crippen molar-refractivity contribution in [2.24, 2.45) is 0 Å². The van der Waals surface area contributed by atoms with Crippen molar-refractivity contribution < 1.29 is 22.7 Å². The molecule has 2 amide bonds. The third kappa shape index (κ3) is 7.65. The number of hydrogen-bond donors (Lipinski definition) is 1. The zero-order valence-corrected chi connectivity index (χ0v) is 24.4. The Morgan fingerprint density at radius 1 is 0.949 bits per heavy atom. The molecule has 1 N–H and O–H groups in total. The van der Waals surface area contributed by atoms with E-state index in [9.17, 15) is 18.0 Å². The molecule has 3 rings (SSSR count). The molecule has 0 heterocycles. The van der Waals surface area contributed by atoms with E-state index >= 15 is 0 Å². The molecule has 0 aliphatic heterocycles. The minimum absolute atomic E-state index is 0.00282. The van der Waals surface area contributed by atoms with E-state index in [0.29, 0.717) is 21.4 Å². The van der Waals surface area contributed by atoms with Crippen molar-refractivity contribution in [1.82, 2.24) is 10.2 Å². The largest absolute Gasteiger partial charge is 0.497 e. The second kappa shape index (κ2) is 13.2. The molecule has 0 spiro atoms. The van der Waals surface area contributed by atoms with Crippen LogP contribution in [0, 0.1) is 0 Å². The van der Waals surface area contributed by atoms with Crippen molar-refractivity contribution >= 4 is 50.7 Å². The van der Waals surface area contributed by atoms with E-state index in [1.807, 2.05) is 13.8 Å². The Kier molecular flexibility index (Phi) is 10.2. The lowest BCUT2D eigenvalue weighted by Crippen LogP contribution is -2.52. The van der Waals surface area contributed by atoms with Crippen molar-refractivity contribution in [3.8, 4) is 5.75 Å². The molecule has 11 heteroatoms. The van der Waals surface area contributed by atoms with Crippen LogP contribution in [0.5, 0.6) is 5.75 Å². The van der Waals surface area contributed by atoms with Crippen molar-refractivity contribution in [2.75, 3.05) is 18.0 Å². The van der Waals surface area contributed by atoms with Crippen LogP contribution < -0.4 is 14.4 Å². The van der Waals surface area contributed by atoms with E-state index in [0.717, 1.165) is 4.31 Å². The summed E-state index contributed by atoms with van der Waals surface area (Å²) < 4.78 is 33.8. The topological polar surface area (TPSA) is 96.0 Å². The number of nitrogens with zero attached hydrogens (tertiary/aromatic N) is 2. The average Bonchev–Trinajstić information content (AvgIpc) is 2.90. The number of hydrogen-bond acceptors (Lipinski definition) is 5. The van der Waals surface area contributed by atoms with Crippen molar-refractivity contribution in [2.45, 2.75) is 44.3 Å². The fourth-order valence-corrected chi connectivity index (χ4v) is 5.62. The number of nitrogens with one attached hydrogen (secondary N) is 1. The second-order valence-electron chi connectivity index (χ2n) is 9.12. The molecule has 208 valence electrons. The predicted molar refractivity (Wildman–Crippen MR) is 154 cm³/mol. The molecule has 3 aromatic rings. The lowest BCUT2D eigenvalue weighted by atomic mass is 10.1. The van der Waals surface area contributed by atoms with Gasteiger partial charge in [0.05, 0.1) is 17.7 Å². The molecular formula is C28H31Cl2N3O5S. The van der Waals surface area contributed by atoms with E-state index in [4.69, 9.17) is 27.9 Å². The normalized spacial score (nSPS) is 12.1. The van der Waals surface area contributed by atoms with E-state index in [2.05, 4.69) is 5.32 Å². The van der Waals surface area contributed by atoms with Crippen LogP contribution in [0.1, 0.15) is 26.3 Å². The maximum atomic E-state index is 13.9. The highest BCUT2D eigenvalue weighted by atomic mass is 35.5. The van der Waals surface area contributed by atoms with Gasteiger partial charge in [-0.15, -0.1) is 0 Å². The molecule has 3 aromatic carbocycles. The van der Waals surface area contributed by atoms with Gasteiger partial charge in [-0.05, 0) is 74.9 Å². The Balaban J connectivity index is 2.04. The Bertz CT molecular complexity index is 1410. The molecular weight excluding hydrogens is 561 g/mol. The first-order chi connectivity index (χ1) is 18.4. The number of rotatable bonds is 11. The summed E-state index contributed by atoms with van der Waals surface area (Å²) in [5.74, 6) is -0.494. The third-order valence-corrected chi connectivity index (χ3v) is 8.31. The lowest BCUT2D eigenvalue weighted by molar-refractivity contribution is -0.139. The molecule has 0 aliphatic rings. The number of ether oxygens (including phenoxy) is 1. The van der Waals surface area contributed by atoms with Gasteiger partial charge in [0.2, 0.25) is 11.8 Å². The molecule has 0 fully saturated rings. The number of benzene rings is 3. The highest BCUT2D eigenvalue weighted by Gasteiger charge is 2.33. The standard InChI is InChI=1S/C28H31Cl2N3O5S/c1-19(2)31-28(35)20(3)32(17-21-8-5-6-11-26(21)30)27(34)18-33(23-10-7-9-22(29)16-23)39(36,37)25-14-12-24(38-4)13-15-25/h5-16,19-20H,17-18H2,1-4H3,(H,31,35)/t20-/m0/s1. The molecule has 0 saturated carbocycles. The van der Waals surface area contributed by atoms with E-state index in [-0.39, 0.29) is 29.1 Å². The SMILES string of the molecule is COc1ccc(S(=O)(=O)N(CC(=O)N(Cc2ccccc2Cl)[C@@H](C)C(=O)NC(C)C)c2cccc(Cl)c2)cc1. The maximum absolute atomic E-state index is 13.9. The highest BCUT2D eigenvalue weighted by Crippen LogP contribution is 2.28. The first-order valence-electron chi connectivity index (χ1n) is 12.2. The highest BCUT2D eigenvalue weighted by molar-refractivity contribution is 7.92. The van der Waals surface area contributed by atoms with Gasteiger partial charge >= 0.3 is 0 Å².